The minimum absolute atomic E-state index is 0.0804. The Morgan fingerprint density at radius 3 is 2.10 bits per heavy atom. The molecule has 0 amide bonds. The van der Waals surface area contributed by atoms with E-state index in [0.717, 1.165) is 128 Å². The largest absolute Gasteiger partial charge is 0.494 e. The minimum atomic E-state index is -0.845. The van der Waals surface area contributed by atoms with Crippen LogP contribution in [0.15, 0.2) is 90.4 Å². The van der Waals surface area contributed by atoms with Gasteiger partial charge in [0.25, 0.3) is 0 Å². The predicted molar refractivity (Wildman–Crippen MR) is 238 cm³/mol. The van der Waals surface area contributed by atoms with Gasteiger partial charge in [0, 0.05) is 23.7 Å². The van der Waals surface area contributed by atoms with Crippen molar-refractivity contribution in [2.75, 3.05) is 59.5 Å². The third-order valence-corrected chi connectivity index (χ3v) is 13.9. The molecule has 5 atom stereocenters. The van der Waals surface area contributed by atoms with Crippen molar-refractivity contribution < 1.29 is 47.5 Å². The first-order valence-corrected chi connectivity index (χ1v) is 23.1. The zero-order chi connectivity index (χ0) is 42.1. The van der Waals surface area contributed by atoms with Crippen LogP contribution in [0, 0.1) is 5.41 Å². The molecule has 0 bridgehead atoms. The first-order valence-electron chi connectivity index (χ1n) is 22.0. The number of benzene rings is 4. The van der Waals surface area contributed by atoms with Crippen LogP contribution in [-0.2, 0) is 33.2 Å². The number of carbonyl (C=O) groups excluding carboxylic acids is 2. The van der Waals surface area contributed by atoms with Crippen LogP contribution in [0.25, 0.3) is 21.5 Å². The van der Waals surface area contributed by atoms with Crippen LogP contribution in [-0.4, -0.2) is 100 Å². The Morgan fingerprint density at radius 1 is 0.787 bits per heavy atom. The molecule has 4 heterocycles. The lowest BCUT2D eigenvalue weighted by atomic mass is 9.84. The topological polar surface area (TPSA) is 120 Å². The molecule has 0 saturated carbocycles. The minimum Gasteiger partial charge on any atom is -0.494 e. The van der Waals surface area contributed by atoms with E-state index < -0.39 is 23.9 Å². The van der Waals surface area contributed by atoms with Gasteiger partial charge in [-0.3, -0.25) is 0 Å². The summed E-state index contributed by atoms with van der Waals surface area (Å²) < 4.78 is 47.1. The summed E-state index contributed by atoms with van der Waals surface area (Å²) in [7, 11) is 0.421. The number of esters is 2. The molecular weight excluding hydrogens is 794 g/mol. The molecule has 4 aromatic carbocycles. The molecule has 4 aliphatic rings. The van der Waals surface area contributed by atoms with Crippen molar-refractivity contribution >= 4 is 47.5 Å². The number of fused-ring (bicyclic) bond motifs is 2. The molecule has 0 aliphatic carbocycles. The lowest BCUT2D eigenvalue weighted by molar-refractivity contribution is -0.150. The van der Waals surface area contributed by atoms with Crippen LogP contribution < -0.4 is 9.47 Å². The van der Waals surface area contributed by atoms with Crippen molar-refractivity contribution in [3.8, 4) is 11.5 Å². The second kappa shape index (κ2) is 20.2. The molecule has 1 spiro atoms. The van der Waals surface area contributed by atoms with E-state index in [9.17, 15) is 9.59 Å². The zero-order valence-corrected chi connectivity index (χ0v) is 36.2. The van der Waals surface area contributed by atoms with Gasteiger partial charge >= 0.3 is 11.9 Å². The van der Waals surface area contributed by atoms with Gasteiger partial charge in [0.05, 0.1) is 69.5 Å². The molecule has 0 N–H and O–H groups in total. The van der Waals surface area contributed by atoms with Crippen molar-refractivity contribution in [2.24, 2.45) is 10.4 Å². The Balaban J connectivity index is 0.786. The predicted octanol–water partition coefficient (Wildman–Crippen LogP) is 9.20. The molecule has 8 rings (SSSR count). The lowest BCUT2D eigenvalue weighted by Crippen LogP contribution is -2.45. The molecule has 3 saturated heterocycles. The molecule has 61 heavy (non-hydrogen) atoms. The molecule has 324 valence electrons. The van der Waals surface area contributed by atoms with Gasteiger partial charge in [-0.15, -0.1) is 0 Å². The quantitative estimate of drug-likeness (QED) is 0.0309. The third-order valence-electron chi connectivity index (χ3n) is 12.3. The highest BCUT2D eigenvalue weighted by Gasteiger charge is 2.64. The van der Waals surface area contributed by atoms with E-state index in [4.69, 9.17) is 42.9 Å². The van der Waals surface area contributed by atoms with E-state index in [1.54, 1.807) is 6.07 Å². The summed E-state index contributed by atoms with van der Waals surface area (Å²) in [6, 6.07) is 24.1. The molecule has 0 radical (unpaired) electrons. The summed E-state index contributed by atoms with van der Waals surface area (Å²) in [6.45, 7) is 11.4. The van der Waals surface area contributed by atoms with Gasteiger partial charge in [-0.2, -0.15) is 0 Å². The Morgan fingerprint density at radius 2 is 1.43 bits per heavy atom. The van der Waals surface area contributed by atoms with Crippen LogP contribution in [0.4, 0.5) is 0 Å². The normalized spacial score (nSPS) is 22.7. The Bertz CT molecular complexity index is 2200. The van der Waals surface area contributed by atoms with Crippen molar-refractivity contribution in [1.82, 2.24) is 0 Å². The molecule has 2 unspecified atom stereocenters. The van der Waals surface area contributed by atoms with Crippen molar-refractivity contribution in [1.29, 1.82) is 0 Å². The summed E-state index contributed by atoms with van der Waals surface area (Å²) in [5.74, 6) is 0.863. The highest BCUT2D eigenvalue weighted by molar-refractivity contribution is 7.60. The summed E-state index contributed by atoms with van der Waals surface area (Å²) in [4.78, 5) is 29.8. The average Bonchev–Trinajstić information content (AvgIpc) is 3.92. The van der Waals surface area contributed by atoms with E-state index in [1.807, 2.05) is 36.4 Å². The van der Waals surface area contributed by atoms with Gasteiger partial charge in [-0.1, -0.05) is 58.8 Å². The summed E-state index contributed by atoms with van der Waals surface area (Å²) >= 11 is 0. The highest BCUT2D eigenvalue weighted by atomic mass is 31.1. The lowest BCUT2D eigenvalue weighted by Gasteiger charge is -2.40. The zero-order valence-electron chi connectivity index (χ0n) is 35.2. The Kier molecular flexibility index (Phi) is 14.3. The second-order valence-corrected chi connectivity index (χ2v) is 18.1. The van der Waals surface area contributed by atoms with Gasteiger partial charge in [-0.25, -0.2) is 14.6 Å². The number of hydrogen-bond acceptors (Lipinski definition) is 11. The van der Waals surface area contributed by atoms with Gasteiger partial charge in [0.1, 0.15) is 17.6 Å². The number of hydrogen-bond donors (Lipinski definition) is 0. The van der Waals surface area contributed by atoms with Crippen molar-refractivity contribution in [3.05, 3.63) is 96.6 Å². The third kappa shape index (κ3) is 10.3. The fourth-order valence-corrected chi connectivity index (χ4v) is 10.0. The number of ether oxygens (including phenoxy) is 8. The number of nitrogens with zero attached hydrogens (tertiary/aromatic N) is 1. The van der Waals surface area contributed by atoms with E-state index in [2.05, 4.69) is 43.8 Å². The maximum absolute atomic E-state index is 13.5. The van der Waals surface area contributed by atoms with E-state index in [1.165, 1.54) is 6.08 Å². The molecule has 3 fully saturated rings. The second-order valence-electron chi connectivity index (χ2n) is 16.7. The van der Waals surface area contributed by atoms with E-state index in [0.29, 0.717) is 40.6 Å². The Labute approximate surface area is 360 Å². The monoisotopic (exact) mass is 851 g/mol. The average molecular weight is 852 g/mol. The van der Waals surface area contributed by atoms with Gasteiger partial charge in [0.15, 0.2) is 11.8 Å². The fraction of sp³-hybridized carbons (Fsp3) is 0.490. The smallest absolute Gasteiger partial charge is 0.338 e. The van der Waals surface area contributed by atoms with Crippen LogP contribution in [0.5, 0.6) is 11.5 Å². The Hall–Kier alpha value is -4.38. The first-order chi connectivity index (χ1) is 29.9. The summed E-state index contributed by atoms with van der Waals surface area (Å²) in [5, 5.41) is 4.14. The first kappa shape index (κ1) is 43.3. The number of carbonyl (C=O) groups is 2. The highest BCUT2D eigenvalue weighted by Crippen LogP contribution is 2.53. The SMILES string of the molecule is C=CC(=O)OCCCCCCOc1ccc2cc(C(=O)O[C@@H]3CO[C@]45N=C(c6ccc7cc(OCCCCCCOCC8(CC)COC8)ccc7c6)PC4CO[C@H]35)ccc2c1. The van der Waals surface area contributed by atoms with Crippen LogP contribution in [0.1, 0.15) is 80.6 Å². The van der Waals surface area contributed by atoms with Gasteiger partial charge in [-0.05, 0) is 115 Å². The molecule has 0 aromatic heterocycles. The standard InChI is InChI=1S/C49H58NO10P/c1-3-44(51)57-24-12-8-7-11-23-56-41-20-18-35-26-39(16-14-37(35)28-41)47(52)60-42-29-59-49-43(30-58-45(42)49)61-46(50-49)38-15-13-36-27-40(19-17-34(36)25-38)55-22-10-6-5-9-21-53-31-48(4-2)32-54-33-48/h3,13-20,25-28,42-43,45,61H,1,4-12,21-24,29-33H2,2H3/t42-,43?,45-,49-/m1/s1. The van der Waals surface area contributed by atoms with Gasteiger partial charge in [0.2, 0.25) is 0 Å². The summed E-state index contributed by atoms with van der Waals surface area (Å²) in [6.07, 6.45) is 9.30. The van der Waals surface area contributed by atoms with Crippen LogP contribution in [0.2, 0.25) is 0 Å². The molecular formula is C49H58NO10P. The molecule has 4 aromatic rings. The molecule has 11 nitrogen and oxygen atoms in total. The number of unbranched alkanes of at least 4 members (excludes halogenated alkanes) is 6. The van der Waals surface area contributed by atoms with Crippen LogP contribution in [0.3, 0.4) is 0 Å². The number of aliphatic imine (C=N–C) groups is 1. The molecule has 12 heteroatoms. The number of rotatable bonds is 23. The maximum Gasteiger partial charge on any atom is 0.338 e. The van der Waals surface area contributed by atoms with Crippen molar-refractivity contribution in [3.63, 3.8) is 0 Å². The van der Waals surface area contributed by atoms with E-state index >= 15 is 0 Å². The van der Waals surface area contributed by atoms with E-state index in [-0.39, 0.29) is 23.7 Å². The van der Waals surface area contributed by atoms with Crippen LogP contribution >= 0.6 is 8.58 Å². The maximum atomic E-state index is 13.5. The summed E-state index contributed by atoms with van der Waals surface area (Å²) in [5.41, 5.74) is 2.05. The fourth-order valence-electron chi connectivity index (χ4n) is 8.44. The molecule has 4 aliphatic heterocycles. The van der Waals surface area contributed by atoms with Gasteiger partial charge < -0.3 is 37.9 Å². The van der Waals surface area contributed by atoms with Crippen molar-refractivity contribution in [2.45, 2.75) is 88.3 Å².